The average Bonchev–Trinajstić information content (AvgIpc) is 2.14. The summed E-state index contributed by atoms with van der Waals surface area (Å²) in [7, 11) is 0. The monoisotopic (exact) mass is 271 g/mol. The highest BCUT2D eigenvalue weighted by Crippen LogP contribution is 2.35. The molecule has 1 amide bonds. The molecule has 4 nitrogen and oxygen atoms in total. The summed E-state index contributed by atoms with van der Waals surface area (Å²) in [6.07, 6.45) is -4.76. The van der Waals surface area contributed by atoms with Gasteiger partial charge < -0.3 is 5.73 Å². The van der Waals surface area contributed by atoms with Crippen molar-refractivity contribution in [2.45, 2.75) is 6.18 Å². The Morgan fingerprint density at radius 1 is 1.56 bits per heavy atom. The molecule has 0 spiro atoms. The van der Waals surface area contributed by atoms with Gasteiger partial charge in [0.05, 0.1) is 11.1 Å². The predicted molar refractivity (Wildman–Crippen MR) is 55.6 cm³/mol. The molecule has 0 saturated carbocycles. The van der Waals surface area contributed by atoms with Gasteiger partial charge in [0.25, 0.3) is 5.91 Å². The van der Waals surface area contributed by atoms with Crippen LogP contribution in [0.4, 0.5) is 19.0 Å². The Hall–Kier alpha value is -1.15. The van der Waals surface area contributed by atoms with E-state index in [9.17, 15) is 18.0 Å². The van der Waals surface area contributed by atoms with E-state index in [0.717, 1.165) is 0 Å². The minimum atomic E-state index is -4.76. The van der Waals surface area contributed by atoms with E-state index in [0.29, 0.717) is 6.07 Å². The molecule has 1 heterocycles. The van der Waals surface area contributed by atoms with Crippen molar-refractivity contribution >= 4 is 35.8 Å². The van der Waals surface area contributed by atoms with Crippen LogP contribution in [-0.2, 0) is 18.6 Å². The molecule has 9 heteroatoms. The van der Waals surface area contributed by atoms with E-state index in [4.69, 9.17) is 17.3 Å². The first-order valence-corrected chi connectivity index (χ1v) is 4.55. The van der Waals surface area contributed by atoms with E-state index < -0.39 is 34.2 Å². The Kier molecular flexibility index (Phi) is 3.54. The minimum Gasteiger partial charge on any atom is -0.383 e. The first-order chi connectivity index (χ1) is 7.27. The van der Waals surface area contributed by atoms with Gasteiger partial charge in [0, 0.05) is 0 Å². The van der Waals surface area contributed by atoms with Crippen LogP contribution in [0.3, 0.4) is 0 Å². The van der Waals surface area contributed by atoms with Crippen LogP contribution in [0.15, 0.2) is 10.4 Å². The lowest BCUT2D eigenvalue weighted by atomic mass is 10.1. The van der Waals surface area contributed by atoms with Crippen LogP contribution in [-0.4, -0.2) is 10.9 Å². The number of nitrogens with zero attached hydrogens (tertiary/aromatic N) is 2. The molecule has 0 aliphatic rings. The molecule has 0 saturated heterocycles. The van der Waals surface area contributed by atoms with Crippen LogP contribution < -0.4 is 5.73 Å². The van der Waals surface area contributed by atoms with Crippen LogP contribution in [0.2, 0.25) is 5.15 Å². The molecule has 0 bridgehead atoms. The second-order valence-electron chi connectivity index (χ2n) is 2.67. The van der Waals surface area contributed by atoms with Gasteiger partial charge in [0.1, 0.15) is 11.0 Å². The Bertz CT molecular complexity index is 463. The molecule has 1 rings (SSSR count). The normalized spacial score (nSPS) is 11.3. The number of aromatic nitrogens is 1. The number of amides is 1. The van der Waals surface area contributed by atoms with Crippen molar-refractivity contribution in [1.82, 2.24) is 4.98 Å². The fourth-order valence-corrected chi connectivity index (χ4v) is 1.35. The van der Waals surface area contributed by atoms with E-state index in [1.165, 1.54) is 0 Å². The smallest absolute Gasteiger partial charge is 0.383 e. The molecule has 0 unspecified atom stereocenters. The number of halogens is 4. The molecule has 1 aromatic heterocycles. The molecule has 0 fully saturated rings. The molecule has 0 aromatic carbocycles. The second kappa shape index (κ2) is 4.38. The van der Waals surface area contributed by atoms with Crippen molar-refractivity contribution in [3.63, 3.8) is 0 Å². The Morgan fingerprint density at radius 2 is 2.12 bits per heavy atom. The summed E-state index contributed by atoms with van der Waals surface area (Å²) in [6, 6.07) is 0.516. The van der Waals surface area contributed by atoms with Crippen LogP contribution in [0, 0.1) is 0 Å². The highest BCUT2D eigenvalue weighted by Gasteiger charge is 2.37. The molecule has 0 atom stereocenters. The number of nitrogens with two attached hydrogens (primary N) is 1. The van der Waals surface area contributed by atoms with Gasteiger partial charge >= 0.3 is 6.18 Å². The standard InChI is InChI=1S/C7H5ClF3N3OS/c8-3-1-2(7(9,10)11)4(5(12)13-3)6(15)14-16/h1H,16H2,(H2,12,13). The van der Waals surface area contributed by atoms with Crippen molar-refractivity contribution in [1.29, 1.82) is 0 Å². The van der Waals surface area contributed by atoms with Gasteiger partial charge in [-0.2, -0.15) is 17.5 Å². The van der Waals surface area contributed by atoms with Crippen molar-refractivity contribution in [2.75, 3.05) is 5.73 Å². The molecule has 1 aromatic rings. The third kappa shape index (κ3) is 2.50. The van der Waals surface area contributed by atoms with Crippen molar-refractivity contribution in [3.8, 4) is 0 Å². The van der Waals surface area contributed by atoms with E-state index in [2.05, 4.69) is 21.8 Å². The molecule has 16 heavy (non-hydrogen) atoms. The summed E-state index contributed by atoms with van der Waals surface area (Å²) in [5, 5.41) is -0.449. The number of carbonyl (C=O) groups is 1. The lowest BCUT2D eigenvalue weighted by Gasteiger charge is -2.12. The fraction of sp³-hybridized carbons (Fsp3) is 0.143. The lowest BCUT2D eigenvalue weighted by molar-refractivity contribution is -0.137. The Morgan fingerprint density at radius 3 is 2.56 bits per heavy atom. The van der Waals surface area contributed by atoms with E-state index in [1.54, 1.807) is 0 Å². The third-order valence-corrected chi connectivity index (χ3v) is 2.03. The number of rotatable bonds is 1. The van der Waals surface area contributed by atoms with Gasteiger partial charge in [-0.05, 0) is 6.07 Å². The lowest BCUT2D eigenvalue weighted by Crippen LogP contribution is -2.15. The van der Waals surface area contributed by atoms with E-state index >= 15 is 0 Å². The highest BCUT2D eigenvalue weighted by molar-refractivity contribution is 7.47. The molecule has 0 aliphatic carbocycles. The summed E-state index contributed by atoms with van der Waals surface area (Å²) in [6.45, 7) is 0. The summed E-state index contributed by atoms with van der Waals surface area (Å²) in [5.74, 6) is -1.79. The van der Waals surface area contributed by atoms with Crippen molar-refractivity contribution in [2.24, 2.45) is 4.36 Å². The largest absolute Gasteiger partial charge is 0.417 e. The third-order valence-electron chi connectivity index (χ3n) is 1.64. The van der Waals surface area contributed by atoms with E-state index in [1.807, 2.05) is 0 Å². The number of pyridine rings is 1. The van der Waals surface area contributed by atoms with Crippen molar-refractivity contribution < 1.29 is 18.0 Å². The highest BCUT2D eigenvalue weighted by atomic mass is 35.5. The molecule has 0 aliphatic heterocycles. The van der Waals surface area contributed by atoms with Gasteiger partial charge in [-0.25, -0.2) is 4.98 Å². The van der Waals surface area contributed by atoms with E-state index in [-0.39, 0.29) is 0 Å². The zero-order chi connectivity index (χ0) is 12.5. The number of hydrogen-bond donors (Lipinski definition) is 1. The number of nitrogen functional groups attached to an aromatic ring is 1. The summed E-state index contributed by atoms with van der Waals surface area (Å²) in [4.78, 5) is 14.5. The van der Waals surface area contributed by atoms with Gasteiger partial charge in [-0.15, -0.1) is 12.4 Å². The molecular formula is C7H5ClF3N3OS. The van der Waals surface area contributed by atoms with Crippen LogP contribution >= 0.6 is 11.6 Å². The Labute approximate surface area is 97.8 Å². The summed E-state index contributed by atoms with van der Waals surface area (Å²) < 4.78 is 40.6. The number of alkyl halides is 3. The topological polar surface area (TPSA) is 68.3 Å². The number of hydrogen-bond acceptors (Lipinski definition) is 3. The SMILES string of the molecule is Nc1nc(Cl)cc(C(F)(F)F)c1C(=O)N=[SH2]. The molecular weight excluding hydrogens is 267 g/mol. The quantitative estimate of drug-likeness (QED) is 0.790. The zero-order valence-corrected chi connectivity index (χ0v) is 9.23. The maximum atomic E-state index is 12.6. The first-order valence-electron chi connectivity index (χ1n) is 3.72. The maximum Gasteiger partial charge on any atom is 0.417 e. The minimum absolute atomic E-state index is 0.449. The summed E-state index contributed by atoms with van der Waals surface area (Å²) in [5.41, 5.74) is 3.10. The van der Waals surface area contributed by atoms with Crippen molar-refractivity contribution in [3.05, 3.63) is 22.3 Å². The van der Waals surface area contributed by atoms with Crippen LogP contribution in [0.5, 0.6) is 0 Å². The van der Waals surface area contributed by atoms with Gasteiger partial charge in [-0.3, -0.25) is 4.79 Å². The second-order valence-corrected chi connectivity index (χ2v) is 3.28. The number of carbonyl (C=O) groups excluding carboxylic acids is 1. The molecule has 88 valence electrons. The van der Waals surface area contributed by atoms with Gasteiger partial charge in [0.15, 0.2) is 0 Å². The maximum absolute atomic E-state index is 12.6. The predicted octanol–water partition coefficient (Wildman–Crippen LogP) is 1.67. The van der Waals surface area contributed by atoms with Crippen LogP contribution in [0.1, 0.15) is 15.9 Å². The molecule has 2 N–H and O–H groups in total. The number of anilines is 1. The molecule has 0 radical (unpaired) electrons. The Balaban J connectivity index is 3.57. The van der Waals surface area contributed by atoms with Gasteiger partial charge in [-0.1, -0.05) is 11.6 Å². The van der Waals surface area contributed by atoms with Crippen LogP contribution in [0.25, 0.3) is 0 Å². The zero-order valence-electron chi connectivity index (χ0n) is 7.47. The summed E-state index contributed by atoms with van der Waals surface area (Å²) >= 11 is 7.78. The first kappa shape index (κ1) is 12.9. The average molecular weight is 272 g/mol. The van der Waals surface area contributed by atoms with Gasteiger partial charge in [0.2, 0.25) is 0 Å². The fourth-order valence-electron chi connectivity index (χ4n) is 1.04.